The molecule has 0 bridgehead atoms. The third-order valence-corrected chi connectivity index (χ3v) is 4.23. The van der Waals surface area contributed by atoms with Crippen molar-refractivity contribution >= 4 is 29.6 Å². The van der Waals surface area contributed by atoms with E-state index in [0.29, 0.717) is 6.42 Å². The van der Waals surface area contributed by atoms with Gasteiger partial charge in [0, 0.05) is 0 Å². The highest BCUT2D eigenvalue weighted by Gasteiger charge is 2.26. The molecule has 0 aliphatic heterocycles. The molecule has 0 spiro atoms. The summed E-state index contributed by atoms with van der Waals surface area (Å²) in [6, 6.07) is -3.62. The van der Waals surface area contributed by atoms with Crippen LogP contribution >= 0.6 is 0 Å². The van der Waals surface area contributed by atoms with Gasteiger partial charge in [-0.15, -0.1) is 0 Å². The van der Waals surface area contributed by atoms with Crippen molar-refractivity contribution in [2.24, 2.45) is 11.7 Å². The average Bonchev–Trinajstić information content (AvgIpc) is 2.63. The minimum absolute atomic E-state index is 0.0475. The van der Waals surface area contributed by atoms with Gasteiger partial charge in [0.05, 0.1) is 6.04 Å². The Bertz CT molecular complexity index is 597. The second kappa shape index (κ2) is 11.9. The third-order valence-electron chi connectivity index (χ3n) is 4.23. The van der Waals surface area contributed by atoms with Crippen molar-refractivity contribution in [3.63, 3.8) is 0 Å². The highest BCUT2D eigenvalue weighted by atomic mass is 16.4. The first kappa shape index (κ1) is 25.3. The number of nitrogens with two attached hydrogens (primary N) is 1. The smallest absolute Gasteiger partial charge is 0.322 e. The van der Waals surface area contributed by atoms with Crippen LogP contribution in [0.25, 0.3) is 0 Å². The topological polar surface area (TPSA) is 180 Å². The molecule has 0 aromatic heterocycles. The normalized spacial score (nSPS) is 15.9. The van der Waals surface area contributed by atoms with Crippen molar-refractivity contribution in [3.8, 4) is 0 Å². The first-order valence-electron chi connectivity index (χ1n) is 9.06. The fourth-order valence-electron chi connectivity index (χ4n) is 2.01. The van der Waals surface area contributed by atoms with Crippen LogP contribution in [0.4, 0.5) is 0 Å². The molecule has 11 heteroatoms. The molecule has 0 aromatic rings. The van der Waals surface area contributed by atoms with Crippen LogP contribution in [0.1, 0.15) is 41.0 Å². The lowest BCUT2D eigenvalue weighted by atomic mass is 9.99. The largest absolute Gasteiger partial charge is 0.480 e. The van der Waals surface area contributed by atoms with Gasteiger partial charge in [-0.25, -0.2) is 0 Å². The minimum Gasteiger partial charge on any atom is -0.480 e. The van der Waals surface area contributed by atoms with Crippen molar-refractivity contribution in [1.82, 2.24) is 21.3 Å². The van der Waals surface area contributed by atoms with E-state index in [2.05, 4.69) is 21.3 Å². The monoisotopic (exact) mass is 401 g/mol. The second-order valence-electron chi connectivity index (χ2n) is 6.71. The standard InChI is InChI=1S/C17H31N5O6/c1-6-8(2)13(18)17(28)22-11(5)16(27)21-10(4)15(26)20-9(3)14(25)19-7-12(23)24/h8-11,13H,6-7,18H2,1-5H3,(H,19,25)(H,20,26)(H,21,27)(H,22,28)(H,23,24)/t8-,9-,10-,11-,13-/m0/s1. The highest BCUT2D eigenvalue weighted by molar-refractivity contribution is 5.94. The molecule has 7 N–H and O–H groups in total. The summed E-state index contributed by atoms with van der Waals surface area (Å²) in [4.78, 5) is 58.4. The molecule has 0 aliphatic rings. The Morgan fingerprint density at radius 1 is 0.786 bits per heavy atom. The van der Waals surface area contributed by atoms with Crippen LogP contribution in [0.15, 0.2) is 0 Å². The second-order valence-corrected chi connectivity index (χ2v) is 6.71. The number of aliphatic carboxylic acids is 1. The number of hydrogen-bond donors (Lipinski definition) is 6. The Balaban J connectivity index is 4.55. The first-order chi connectivity index (χ1) is 12.9. The van der Waals surface area contributed by atoms with Crippen molar-refractivity contribution < 1.29 is 29.1 Å². The lowest BCUT2D eigenvalue weighted by Crippen LogP contribution is -2.56. The molecular formula is C17H31N5O6. The van der Waals surface area contributed by atoms with Crippen LogP contribution in [0.2, 0.25) is 0 Å². The molecule has 0 unspecified atom stereocenters. The molecule has 0 radical (unpaired) electrons. The van der Waals surface area contributed by atoms with Gasteiger partial charge >= 0.3 is 5.97 Å². The van der Waals surface area contributed by atoms with Crippen molar-refractivity contribution in [2.45, 2.75) is 65.2 Å². The SMILES string of the molecule is CC[C@H](C)[C@H](N)C(=O)N[C@@H](C)C(=O)N[C@@H](C)C(=O)N[C@@H](C)C(=O)NCC(=O)O. The predicted molar refractivity (Wildman–Crippen MR) is 101 cm³/mol. The van der Waals surface area contributed by atoms with Gasteiger partial charge in [0.25, 0.3) is 0 Å². The van der Waals surface area contributed by atoms with E-state index in [1.165, 1.54) is 20.8 Å². The number of carbonyl (C=O) groups is 5. The van der Waals surface area contributed by atoms with Gasteiger partial charge in [-0.05, 0) is 26.7 Å². The van der Waals surface area contributed by atoms with Crippen LogP contribution < -0.4 is 27.0 Å². The molecule has 0 heterocycles. The summed E-state index contributed by atoms with van der Waals surface area (Å²) in [6.45, 7) is 7.41. The van der Waals surface area contributed by atoms with Crippen molar-refractivity contribution in [1.29, 1.82) is 0 Å². The first-order valence-corrected chi connectivity index (χ1v) is 9.06. The molecule has 4 amide bonds. The molecule has 0 fully saturated rings. The molecule has 0 rings (SSSR count). The molecule has 0 aliphatic carbocycles. The van der Waals surface area contributed by atoms with Gasteiger partial charge in [0.15, 0.2) is 0 Å². The zero-order valence-corrected chi connectivity index (χ0v) is 16.9. The van der Waals surface area contributed by atoms with Gasteiger partial charge in [-0.3, -0.25) is 24.0 Å². The number of nitrogens with one attached hydrogen (secondary N) is 4. The van der Waals surface area contributed by atoms with Gasteiger partial charge in [0.2, 0.25) is 23.6 Å². The summed E-state index contributed by atoms with van der Waals surface area (Å²) >= 11 is 0. The van der Waals surface area contributed by atoms with E-state index in [0.717, 1.165) is 0 Å². The predicted octanol–water partition coefficient (Wildman–Crippen LogP) is -1.93. The number of hydrogen-bond acceptors (Lipinski definition) is 6. The Morgan fingerprint density at radius 2 is 1.18 bits per heavy atom. The Kier molecular flexibility index (Phi) is 10.8. The van der Waals surface area contributed by atoms with Gasteiger partial charge in [-0.2, -0.15) is 0 Å². The molecule has 11 nitrogen and oxygen atoms in total. The summed E-state index contributed by atoms with van der Waals surface area (Å²) < 4.78 is 0. The lowest BCUT2D eigenvalue weighted by Gasteiger charge is -2.22. The van der Waals surface area contributed by atoms with Gasteiger partial charge < -0.3 is 32.1 Å². The number of carboxylic acids is 1. The van der Waals surface area contributed by atoms with Crippen LogP contribution in [0.3, 0.4) is 0 Å². The number of carboxylic acid groups (broad SMARTS) is 1. The molecule has 0 saturated carbocycles. The van der Waals surface area contributed by atoms with Crippen molar-refractivity contribution in [3.05, 3.63) is 0 Å². The zero-order valence-electron chi connectivity index (χ0n) is 16.9. The zero-order chi connectivity index (χ0) is 22.0. The molecule has 5 atom stereocenters. The quantitative estimate of drug-likeness (QED) is 0.233. The van der Waals surface area contributed by atoms with E-state index in [1.807, 2.05) is 13.8 Å². The molecule has 0 saturated heterocycles. The van der Waals surface area contributed by atoms with E-state index in [4.69, 9.17) is 10.8 Å². The summed E-state index contributed by atoms with van der Waals surface area (Å²) in [5, 5.41) is 17.9. The maximum atomic E-state index is 12.2. The number of rotatable bonds is 11. The summed E-state index contributed by atoms with van der Waals surface area (Å²) in [7, 11) is 0. The van der Waals surface area contributed by atoms with Gasteiger partial charge in [0.1, 0.15) is 24.7 Å². The minimum atomic E-state index is -1.21. The fourth-order valence-corrected chi connectivity index (χ4v) is 2.01. The van der Waals surface area contributed by atoms with Crippen LogP contribution in [0.5, 0.6) is 0 Å². The highest BCUT2D eigenvalue weighted by Crippen LogP contribution is 2.05. The van der Waals surface area contributed by atoms with E-state index < -0.39 is 60.3 Å². The van der Waals surface area contributed by atoms with Crippen LogP contribution in [-0.4, -0.2) is 65.4 Å². The summed E-state index contributed by atoms with van der Waals surface area (Å²) in [6.07, 6.45) is 0.713. The molecule has 160 valence electrons. The Hall–Kier alpha value is -2.69. The van der Waals surface area contributed by atoms with E-state index in [1.54, 1.807) is 0 Å². The van der Waals surface area contributed by atoms with Gasteiger partial charge in [-0.1, -0.05) is 20.3 Å². The maximum Gasteiger partial charge on any atom is 0.322 e. The molecule has 0 aromatic carbocycles. The van der Waals surface area contributed by atoms with E-state index in [-0.39, 0.29) is 5.92 Å². The van der Waals surface area contributed by atoms with Crippen molar-refractivity contribution in [2.75, 3.05) is 6.54 Å². The lowest BCUT2D eigenvalue weighted by molar-refractivity contribution is -0.138. The van der Waals surface area contributed by atoms with Crippen LogP contribution in [0, 0.1) is 5.92 Å². The van der Waals surface area contributed by atoms with Crippen LogP contribution in [-0.2, 0) is 24.0 Å². The number of amides is 4. The number of carbonyl (C=O) groups excluding carboxylic acids is 4. The Morgan fingerprint density at radius 3 is 1.57 bits per heavy atom. The van der Waals surface area contributed by atoms with E-state index in [9.17, 15) is 24.0 Å². The third kappa shape index (κ3) is 8.80. The summed E-state index contributed by atoms with van der Waals surface area (Å²) in [5.74, 6) is -3.62. The fraction of sp³-hybridized carbons (Fsp3) is 0.706. The molecular weight excluding hydrogens is 370 g/mol. The maximum absolute atomic E-state index is 12.2. The molecule has 28 heavy (non-hydrogen) atoms. The average molecular weight is 401 g/mol. The van der Waals surface area contributed by atoms with E-state index >= 15 is 0 Å². The summed E-state index contributed by atoms with van der Waals surface area (Å²) in [5.41, 5.74) is 5.81. The Labute approximate surface area is 164 Å².